The zero-order valence-electron chi connectivity index (χ0n) is 8.02. The molecule has 0 spiro atoms. The average molecular weight is 211 g/mol. The Hall–Kier alpha value is -1.98. The van der Waals surface area contributed by atoms with Crippen LogP contribution in [0.15, 0.2) is 6.07 Å². The van der Waals surface area contributed by atoms with Gasteiger partial charge >= 0.3 is 5.97 Å². The molecular weight excluding hydrogens is 202 g/mol. The van der Waals surface area contributed by atoms with Crippen molar-refractivity contribution in [1.29, 1.82) is 0 Å². The van der Waals surface area contributed by atoms with Gasteiger partial charge in [0.05, 0.1) is 7.11 Å². The van der Waals surface area contributed by atoms with Crippen LogP contribution < -0.4 is 14.2 Å². The molecule has 6 heteroatoms. The van der Waals surface area contributed by atoms with E-state index in [1.54, 1.807) is 0 Å². The third-order valence-electron chi connectivity index (χ3n) is 1.92. The fourth-order valence-corrected chi connectivity index (χ4v) is 1.26. The maximum Gasteiger partial charge on any atom is 0.354 e. The second kappa shape index (κ2) is 3.64. The molecular formula is C9H9NO5. The third kappa shape index (κ3) is 1.65. The largest absolute Gasteiger partial charge is 0.493 e. The molecule has 1 aromatic heterocycles. The summed E-state index contributed by atoms with van der Waals surface area (Å²) in [5.41, 5.74) is -0.129. The molecule has 6 nitrogen and oxygen atoms in total. The highest BCUT2D eigenvalue weighted by Gasteiger charge is 2.22. The fourth-order valence-electron chi connectivity index (χ4n) is 1.26. The molecule has 1 aromatic rings. The van der Waals surface area contributed by atoms with Gasteiger partial charge in [-0.05, 0) is 0 Å². The number of carboxylic acids is 1. The Kier molecular flexibility index (Phi) is 2.32. The maximum absolute atomic E-state index is 10.7. The zero-order valence-corrected chi connectivity index (χ0v) is 8.02. The molecule has 1 aliphatic heterocycles. The van der Waals surface area contributed by atoms with E-state index in [0.29, 0.717) is 24.7 Å². The van der Waals surface area contributed by atoms with E-state index in [2.05, 4.69) is 4.98 Å². The molecule has 1 N–H and O–H groups in total. The van der Waals surface area contributed by atoms with Crippen LogP contribution in [0.4, 0.5) is 0 Å². The topological polar surface area (TPSA) is 77.9 Å². The van der Waals surface area contributed by atoms with Gasteiger partial charge in [0, 0.05) is 6.07 Å². The monoisotopic (exact) mass is 211 g/mol. The molecule has 1 aliphatic rings. The summed E-state index contributed by atoms with van der Waals surface area (Å²) >= 11 is 0. The summed E-state index contributed by atoms with van der Waals surface area (Å²) in [6.07, 6.45) is 0. The van der Waals surface area contributed by atoms with Crippen LogP contribution in [0.1, 0.15) is 10.5 Å². The summed E-state index contributed by atoms with van der Waals surface area (Å²) < 4.78 is 15.4. The highest BCUT2D eigenvalue weighted by atomic mass is 16.6. The van der Waals surface area contributed by atoms with Crippen molar-refractivity contribution in [3.05, 3.63) is 11.8 Å². The number of aromatic nitrogens is 1. The lowest BCUT2D eigenvalue weighted by atomic mass is 10.3. The number of carbonyl (C=O) groups is 1. The lowest BCUT2D eigenvalue weighted by molar-refractivity contribution is 0.0686. The molecule has 15 heavy (non-hydrogen) atoms. The zero-order chi connectivity index (χ0) is 10.8. The van der Waals surface area contributed by atoms with E-state index in [9.17, 15) is 4.79 Å². The molecule has 0 bridgehead atoms. The first-order valence-corrected chi connectivity index (χ1v) is 4.30. The van der Waals surface area contributed by atoms with Gasteiger partial charge in [-0.25, -0.2) is 9.78 Å². The first kappa shape index (κ1) is 9.57. The summed E-state index contributed by atoms with van der Waals surface area (Å²) in [6, 6.07) is 1.30. The van der Waals surface area contributed by atoms with Crippen LogP contribution in [0.25, 0.3) is 0 Å². The first-order chi connectivity index (χ1) is 7.22. The normalized spacial score (nSPS) is 13.4. The molecule has 0 amide bonds. The van der Waals surface area contributed by atoms with Crippen LogP contribution in [0.5, 0.6) is 17.4 Å². The van der Waals surface area contributed by atoms with E-state index in [1.165, 1.54) is 13.2 Å². The molecule has 0 atom stereocenters. The van der Waals surface area contributed by atoms with E-state index in [-0.39, 0.29) is 11.6 Å². The number of rotatable bonds is 2. The fraction of sp³-hybridized carbons (Fsp3) is 0.333. The molecule has 0 fully saturated rings. The van der Waals surface area contributed by atoms with Gasteiger partial charge in [0.1, 0.15) is 13.2 Å². The van der Waals surface area contributed by atoms with Gasteiger partial charge in [-0.2, -0.15) is 0 Å². The van der Waals surface area contributed by atoms with Crippen molar-refractivity contribution in [2.75, 3.05) is 20.3 Å². The van der Waals surface area contributed by atoms with Gasteiger partial charge in [0.2, 0.25) is 5.75 Å². The average Bonchev–Trinajstić information content (AvgIpc) is 2.27. The van der Waals surface area contributed by atoms with Crippen molar-refractivity contribution in [1.82, 2.24) is 4.98 Å². The summed E-state index contributed by atoms with van der Waals surface area (Å²) in [7, 11) is 1.43. The summed E-state index contributed by atoms with van der Waals surface area (Å²) in [4.78, 5) is 14.5. The first-order valence-electron chi connectivity index (χ1n) is 4.30. The summed E-state index contributed by atoms with van der Waals surface area (Å²) in [5, 5.41) is 8.79. The molecule has 0 saturated carbocycles. The Morgan fingerprint density at radius 3 is 2.93 bits per heavy atom. The van der Waals surface area contributed by atoms with Crippen LogP contribution in [0, 0.1) is 0 Å². The molecule has 2 heterocycles. The number of fused-ring (bicyclic) bond motifs is 1. The van der Waals surface area contributed by atoms with Crippen LogP contribution in [0.2, 0.25) is 0 Å². The summed E-state index contributed by atoms with van der Waals surface area (Å²) in [5.74, 6) is -0.297. The van der Waals surface area contributed by atoms with Gasteiger partial charge in [0.25, 0.3) is 5.88 Å². The lowest BCUT2D eigenvalue weighted by Crippen LogP contribution is -2.18. The third-order valence-corrected chi connectivity index (χ3v) is 1.92. The molecule has 0 aliphatic carbocycles. The Morgan fingerprint density at radius 1 is 1.53 bits per heavy atom. The maximum atomic E-state index is 10.7. The Bertz CT molecular complexity index is 386. The standard InChI is InChI=1S/C9H9NO5/c1-13-6-4-5(9(11)12)10-8-7(6)14-2-3-15-8/h4H,2-3H2,1H3,(H,11,12). The predicted molar refractivity (Wildman–Crippen MR) is 48.7 cm³/mol. The molecule has 0 unspecified atom stereocenters. The van der Waals surface area contributed by atoms with Crippen molar-refractivity contribution < 1.29 is 24.1 Å². The van der Waals surface area contributed by atoms with Crippen LogP contribution in [-0.4, -0.2) is 36.4 Å². The highest BCUT2D eigenvalue weighted by Crippen LogP contribution is 2.37. The predicted octanol–water partition coefficient (Wildman–Crippen LogP) is 0.560. The number of pyridine rings is 1. The van der Waals surface area contributed by atoms with E-state index in [1.807, 2.05) is 0 Å². The summed E-state index contributed by atoms with van der Waals surface area (Å²) in [6.45, 7) is 0.754. The van der Waals surface area contributed by atoms with Crippen molar-refractivity contribution in [2.45, 2.75) is 0 Å². The molecule has 2 rings (SSSR count). The minimum absolute atomic E-state index is 0.129. The van der Waals surface area contributed by atoms with Crippen LogP contribution in [-0.2, 0) is 0 Å². The number of methoxy groups -OCH3 is 1. The number of hydrogen-bond acceptors (Lipinski definition) is 5. The van der Waals surface area contributed by atoms with Crippen molar-refractivity contribution in [3.63, 3.8) is 0 Å². The quantitative estimate of drug-likeness (QED) is 0.770. The second-order valence-corrected chi connectivity index (χ2v) is 2.85. The second-order valence-electron chi connectivity index (χ2n) is 2.85. The Morgan fingerprint density at radius 2 is 2.27 bits per heavy atom. The highest BCUT2D eigenvalue weighted by molar-refractivity contribution is 5.86. The van der Waals surface area contributed by atoms with Crippen LogP contribution >= 0.6 is 0 Å². The number of aromatic carboxylic acids is 1. The Balaban J connectivity index is 2.52. The van der Waals surface area contributed by atoms with Gasteiger partial charge < -0.3 is 19.3 Å². The SMILES string of the molecule is COc1cc(C(=O)O)nc2c1OCCO2. The van der Waals surface area contributed by atoms with E-state index >= 15 is 0 Å². The number of ether oxygens (including phenoxy) is 3. The molecule has 0 aromatic carbocycles. The van der Waals surface area contributed by atoms with E-state index in [4.69, 9.17) is 19.3 Å². The molecule has 80 valence electrons. The van der Waals surface area contributed by atoms with E-state index in [0.717, 1.165) is 0 Å². The number of nitrogens with zero attached hydrogens (tertiary/aromatic N) is 1. The molecule has 0 radical (unpaired) electrons. The minimum atomic E-state index is -1.13. The smallest absolute Gasteiger partial charge is 0.354 e. The van der Waals surface area contributed by atoms with Gasteiger partial charge in [-0.3, -0.25) is 0 Å². The van der Waals surface area contributed by atoms with Crippen molar-refractivity contribution in [3.8, 4) is 17.4 Å². The van der Waals surface area contributed by atoms with Gasteiger partial charge in [-0.15, -0.1) is 0 Å². The van der Waals surface area contributed by atoms with Gasteiger partial charge in [-0.1, -0.05) is 0 Å². The van der Waals surface area contributed by atoms with Gasteiger partial charge in [0.15, 0.2) is 11.4 Å². The van der Waals surface area contributed by atoms with Crippen molar-refractivity contribution in [2.24, 2.45) is 0 Å². The van der Waals surface area contributed by atoms with Crippen LogP contribution in [0.3, 0.4) is 0 Å². The number of hydrogen-bond donors (Lipinski definition) is 1. The molecule has 0 saturated heterocycles. The van der Waals surface area contributed by atoms with E-state index < -0.39 is 5.97 Å². The minimum Gasteiger partial charge on any atom is -0.493 e. The Labute approximate surface area is 85.4 Å². The van der Waals surface area contributed by atoms with Crippen molar-refractivity contribution >= 4 is 5.97 Å². The lowest BCUT2D eigenvalue weighted by Gasteiger charge is -2.19. The number of carboxylic acid groups (broad SMARTS) is 1.